The maximum absolute atomic E-state index is 13.9. The third-order valence-electron chi connectivity index (χ3n) is 6.88. The fourth-order valence-electron chi connectivity index (χ4n) is 5.06. The van der Waals surface area contributed by atoms with Crippen LogP contribution in [0.2, 0.25) is 10.0 Å². The van der Waals surface area contributed by atoms with Crippen LogP contribution in [0, 0.1) is 11.2 Å². The Morgan fingerprint density at radius 3 is 2.85 bits per heavy atom. The number of pyridine rings is 1. The zero-order chi connectivity index (χ0) is 23.2. The molecule has 9 heteroatoms. The molecule has 1 spiro atoms. The van der Waals surface area contributed by atoms with E-state index in [1.807, 2.05) is 12.3 Å². The number of rotatable bonds is 5. The minimum absolute atomic E-state index is 0.0644. The Kier molecular flexibility index (Phi) is 5.97. The molecule has 2 aliphatic rings. The molecule has 0 bridgehead atoms. The van der Waals surface area contributed by atoms with E-state index in [0.717, 1.165) is 37.1 Å². The van der Waals surface area contributed by atoms with Gasteiger partial charge in [-0.25, -0.2) is 9.37 Å². The number of anilines is 1. The molecule has 1 saturated carbocycles. The summed E-state index contributed by atoms with van der Waals surface area (Å²) in [6.45, 7) is 3.98. The predicted octanol–water partition coefficient (Wildman–Crippen LogP) is 5.82. The van der Waals surface area contributed by atoms with E-state index in [4.69, 9.17) is 33.7 Å². The monoisotopic (exact) mass is 489 g/mol. The molecular weight excluding hydrogens is 464 g/mol. The normalized spacial score (nSPS) is 23.3. The molecule has 1 aromatic carbocycles. The van der Waals surface area contributed by atoms with E-state index in [0.29, 0.717) is 27.8 Å². The molecule has 33 heavy (non-hydrogen) atoms. The molecule has 5 rings (SSSR count). The lowest BCUT2D eigenvalue weighted by Gasteiger charge is -2.50. The molecule has 2 aromatic heterocycles. The Morgan fingerprint density at radius 2 is 2.09 bits per heavy atom. The smallest absolute Gasteiger partial charge is 0.166 e. The summed E-state index contributed by atoms with van der Waals surface area (Å²) in [7, 11) is 0. The number of hydrogen-bond donors (Lipinski definition) is 2. The number of halogens is 3. The molecule has 3 N–H and O–H groups in total. The van der Waals surface area contributed by atoms with Crippen molar-refractivity contribution in [1.29, 1.82) is 0 Å². The highest BCUT2D eigenvalue weighted by Crippen LogP contribution is 2.52. The van der Waals surface area contributed by atoms with E-state index in [1.54, 1.807) is 13.1 Å². The zero-order valence-corrected chi connectivity index (χ0v) is 19.8. The molecular formula is C24H26Cl2FN5O. The maximum Gasteiger partial charge on any atom is 0.166 e. The number of ether oxygens (including phenoxy) is 1. The molecule has 3 heterocycles. The van der Waals surface area contributed by atoms with Crippen LogP contribution in [0.25, 0.3) is 11.1 Å². The second-order valence-corrected chi connectivity index (χ2v) is 9.96. The topological polar surface area (TPSA) is 78.0 Å². The molecule has 0 radical (unpaired) electrons. The van der Waals surface area contributed by atoms with Crippen molar-refractivity contribution in [2.75, 3.05) is 18.8 Å². The van der Waals surface area contributed by atoms with Gasteiger partial charge in [0.2, 0.25) is 0 Å². The lowest BCUT2D eigenvalue weighted by molar-refractivity contribution is 0.0292. The minimum Gasteiger partial charge on any atom is -0.482 e. The Morgan fingerprint density at radius 1 is 1.27 bits per heavy atom. The Hall–Kier alpha value is -2.35. The fraction of sp³-hybridized carbons (Fsp3) is 0.417. The summed E-state index contributed by atoms with van der Waals surface area (Å²) in [4.78, 5) is 4.29. The molecule has 1 aliphatic heterocycles. The SMILES string of the molecule is CC(Oc1cc(-c2cnn(C3CC4(CCCNC4)C3)c2)cnc1N)c1c(Cl)ccc(F)c1Cl. The molecule has 2 fully saturated rings. The molecule has 6 nitrogen and oxygen atoms in total. The highest BCUT2D eigenvalue weighted by atomic mass is 35.5. The van der Waals surface area contributed by atoms with Crippen molar-refractivity contribution in [3.8, 4) is 16.9 Å². The maximum atomic E-state index is 13.9. The minimum atomic E-state index is -0.627. The Balaban J connectivity index is 1.33. The Bertz CT molecular complexity index is 1170. The van der Waals surface area contributed by atoms with Crippen molar-refractivity contribution < 1.29 is 9.13 Å². The van der Waals surface area contributed by atoms with Crippen molar-refractivity contribution in [3.05, 3.63) is 58.2 Å². The largest absolute Gasteiger partial charge is 0.482 e. The van der Waals surface area contributed by atoms with Gasteiger partial charge < -0.3 is 15.8 Å². The van der Waals surface area contributed by atoms with Gasteiger partial charge in [-0.15, -0.1) is 0 Å². The van der Waals surface area contributed by atoms with Crippen LogP contribution >= 0.6 is 23.2 Å². The van der Waals surface area contributed by atoms with Crippen LogP contribution in [0.15, 0.2) is 36.8 Å². The number of nitrogens with zero attached hydrogens (tertiary/aromatic N) is 3. The molecule has 1 aliphatic carbocycles. The first-order valence-corrected chi connectivity index (χ1v) is 11.9. The van der Waals surface area contributed by atoms with Gasteiger partial charge in [0, 0.05) is 40.7 Å². The number of benzene rings is 1. The summed E-state index contributed by atoms with van der Waals surface area (Å²) in [5, 5.41) is 8.39. The van der Waals surface area contributed by atoms with Crippen LogP contribution in [0.3, 0.4) is 0 Å². The quantitative estimate of drug-likeness (QED) is 0.441. The van der Waals surface area contributed by atoms with Crippen LogP contribution in [-0.2, 0) is 0 Å². The fourth-order valence-corrected chi connectivity index (χ4v) is 5.74. The predicted molar refractivity (Wildman–Crippen MR) is 128 cm³/mol. The number of hydrogen-bond acceptors (Lipinski definition) is 5. The van der Waals surface area contributed by atoms with Crippen LogP contribution in [0.1, 0.15) is 50.3 Å². The number of nitrogen functional groups attached to an aromatic ring is 1. The summed E-state index contributed by atoms with van der Waals surface area (Å²) >= 11 is 12.4. The van der Waals surface area contributed by atoms with Crippen molar-refractivity contribution >= 4 is 29.0 Å². The second kappa shape index (κ2) is 8.78. The summed E-state index contributed by atoms with van der Waals surface area (Å²) < 4.78 is 22.0. The lowest BCUT2D eigenvalue weighted by Crippen LogP contribution is -2.49. The van der Waals surface area contributed by atoms with E-state index in [2.05, 4.69) is 26.3 Å². The van der Waals surface area contributed by atoms with Gasteiger partial charge >= 0.3 is 0 Å². The van der Waals surface area contributed by atoms with Gasteiger partial charge in [-0.3, -0.25) is 4.68 Å². The van der Waals surface area contributed by atoms with Crippen LogP contribution in [0.4, 0.5) is 10.2 Å². The van der Waals surface area contributed by atoms with Gasteiger partial charge in [0.25, 0.3) is 0 Å². The average Bonchev–Trinajstić information content (AvgIpc) is 3.27. The highest BCUT2D eigenvalue weighted by Gasteiger charge is 2.45. The van der Waals surface area contributed by atoms with E-state index in [1.165, 1.54) is 25.0 Å². The molecule has 1 unspecified atom stereocenters. The average molecular weight is 490 g/mol. The van der Waals surface area contributed by atoms with Gasteiger partial charge in [-0.05, 0) is 62.8 Å². The van der Waals surface area contributed by atoms with Crippen LogP contribution < -0.4 is 15.8 Å². The van der Waals surface area contributed by atoms with Gasteiger partial charge in [0.15, 0.2) is 11.6 Å². The molecule has 1 saturated heterocycles. The van der Waals surface area contributed by atoms with E-state index in [9.17, 15) is 4.39 Å². The number of piperidine rings is 1. The molecule has 1 atom stereocenters. The van der Waals surface area contributed by atoms with Crippen molar-refractivity contribution in [1.82, 2.24) is 20.1 Å². The standard InChI is InChI=1S/C24H26Cl2FN5O/c1-14(21-18(25)3-4-19(27)22(21)26)33-20-7-15(10-30-23(20)28)16-11-31-32(12-16)17-8-24(9-17)5-2-6-29-13-24/h3-4,7,10-12,14,17,29H,2,5-6,8-9,13H2,1H3,(H2,28,30). The van der Waals surface area contributed by atoms with Gasteiger partial charge in [0.1, 0.15) is 11.9 Å². The van der Waals surface area contributed by atoms with Gasteiger partial charge in [0.05, 0.1) is 17.3 Å². The third kappa shape index (κ3) is 4.29. The van der Waals surface area contributed by atoms with E-state index >= 15 is 0 Å². The van der Waals surface area contributed by atoms with E-state index in [-0.39, 0.29) is 10.8 Å². The summed E-state index contributed by atoms with van der Waals surface area (Å²) in [5.74, 6) is 0.0490. The van der Waals surface area contributed by atoms with Crippen LogP contribution in [-0.4, -0.2) is 27.9 Å². The number of aromatic nitrogens is 3. The summed E-state index contributed by atoms with van der Waals surface area (Å²) in [5.41, 5.74) is 8.64. The first-order chi connectivity index (χ1) is 15.8. The van der Waals surface area contributed by atoms with Crippen molar-refractivity contribution in [3.63, 3.8) is 0 Å². The van der Waals surface area contributed by atoms with Gasteiger partial charge in [-0.2, -0.15) is 5.10 Å². The van der Waals surface area contributed by atoms with Crippen molar-refractivity contribution in [2.24, 2.45) is 5.41 Å². The molecule has 3 aromatic rings. The number of nitrogens with two attached hydrogens (primary N) is 1. The van der Waals surface area contributed by atoms with Crippen molar-refractivity contribution in [2.45, 2.75) is 44.8 Å². The Labute approximate surface area is 202 Å². The lowest BCUT2D eigenvalue weighted by atomic mass is 9.62. The first-order valence-electron chi connectivity index (χ1n) is 11.2. The van der Waals surface area contributed by atoms with Gasteiger partial charge in [-0.1, -0.05) is 23.2 Å². The summed E-state index contributed by atoms with van der Waals surface area (Å²) in [6.07, 6.45) is 9.82. The number of nitrogens with one attached hydrogen (secondary N) is 1. The van der Waals surface area contributed by atoms with E-state index < -0.39 is 11.9 Å². The zero-order valence-electron chi connectivity index (χ0n) is 18.3. The highest BCUT2D eigenvalue weighted by molar-refractivity contribution is 6.36. The third-order valence-corrected chi connectivity index (χ3v) is 7.59. The van der Waals surface area contributed by atoms with Crippen LogP contribution in [0.5, 0.6) is 5.75 Å². The first kappa shape index (κ1) is 22.4. The summed E-state index contributed by atoms with van der Waals surface area (Å²) in [6, 6.07) is 4.92. The molecule has 174 valence electrons. The molecule has 0 amide bonds. The second-order valence-electron chi connectivity index (χ2n) is 9.18.